The summed E-state index contributed by atoms with van der Waals surface area (Å²) >= 11 is 0. The smallest absolute Gasteiger partial charge is 0.343 e. The average Bonchev–Trinajstić information content (AvgIpc) is 2.58. The second-order valence-corrected chi connectivity index (χ2v) is 6.25. The van der Waals surface area contributed by atoms with E-state index in [2.05, 4.69) is 0 Å². The molecule has 146 valence electrons. The Labute approximate surface area is 157 Å². The Morgan fingerprint density at radius 3 is 1.68 bits per heavy atom. The minimum absolute atomic E-state index is 0.0113. The van der Waals surface area contributed by atoms with Crippen molar-refractivity contribution in [2.24, 2.45) is 0 Å². The van der Waals surface area contributed by atoms with Crippen molar-refractivity contribution < 1.29 is 29.5 Å². The van der Waals surface area contributed by atoms with Crippen LogP contribution in [-0.4, -0.2) is 15.4 Å². The number of aryl methyl sites for hydroxylation is 2. The van der Waals surface area contributed by atoms with Crippen LogP contribution in [-0.2, 0) is 0 Å². The summed E-state index contributed by atoms with van der Waals surface area (Å²) in [5.74, 6) is -1.78. The number of nitrogens with one attached hydrogen (secondary N) is 1. The van der Waals surface area contributed by atoms with E-state index in [1.165, 1.54) is 50.2 Å². The molecule has 0 fully saturated rings. The maximum absolute atomic E-state index is 12.5. The molecular weight excluding hydrogens is 370 g/mol. The summed E-state index contributed by atoms with van der Waals surface area (Å²) in [5.41, 5.74) is -2.08. The zero-order chi connectivity index (χ0) is 20.6. The fourth-order valence-corrected chi connectivity index (χ4v) is 3.04. The van der Waals surface area contributed by atoms with Gasteiger partial charge in [-0.2, -0.15) is 5.23 Å². The molecule has 0 bridgehead atoms. The Hall–Kier alpha value is -3.40. The number of benzene rings is 1. The highest BCUT2D eigenvalue weighted by Crippen LogP contribution is 2.37. The first-order chi connectivity index (χ1) is 13.2. The molecule has 3 aromatic rings. The molecule has 0 aliphatic carbocycles. The van der Waals surface area contributed by atoms with Crippen molar-refractivity contribution in [1.82, 2.24) is 0 Å². The van der Waals surface area contributed by atoms with Crippen molar-refractivity contribution in [3.63, 3.8) is 0 Å². The van der Waals surface area contributed by atoms with Crippen molar-refractivity contribution in [2.45, 2.75) is 19.8 Å². The second kappa shape index (κ2) is 7.31. The van der Waals surface area contributed by atoms with Crippen molar-refractivity contribution in [3.05, 3.63) is 90.7 Å². The van der Waals surface area contributed by atoms with Crippen molar-refractivity contribution in [2.75, 3.05) is 0 Å². The van der Waals surface area contributed by atoms with Crippen LogP contribution in [0.4, 0.5) is 5.69 Å². The summed E-state index contributed by atoms with van der Waals surface area (Å²) in [6.07, 6.45) is 0. The van der Waals surface area contributed by atoms with E-state index < -0.39 is 33.9 Å². The van der Waals surface area contributed by atoms with Crippen molar-refractivity contribution >= 4 is 5.69 Å². The number of rotatable bonds is 4. The summed E-state index contributed by atoms with van der Waals surface area (Å²) in [5, 5.41) is 39.8. The van der Waals surface area contributed by atoms with Gasteiger partial charge in [-0.05, 0) is 19.4 Å². The molecular formula is C19H17NO8. The van der Waals surface area contributed by atoms with E-state index in [9.17, 15) is 25.0 Å². The third-order valence-electron chi connectivity index (χ3n) is 4.25. The molecule has 0 saturated heterocycles. The minimum Gasteiger partial charge on any atom is -0.595 e. The quantitative estimate of drug-likeness (QED) is 0.488. The van der Waals surface area contributed by atoms with E-state index in [0.29, 0.717) is 0 Å². The molecule has 3 rings (SSSR count). The van der Waals surface area contributed by atoms with E-state index in [1.54, 1.807) is 0 Å². The van der Waals surface area contributed by atoms with Gasteiger partial charge < -0.3 is 24.3 Å². The highest BCUT2D eigenvalue weighted by atomic mass is 16.8. The van der Waals surface area contributed by atoms with Crippen molar-refractivity contribution in [3.8, 4) is 11.5 Å². The van der Waals surface area contributed by atoms with Gasteiger partial charge >= 0.3 is 11.3 Å². The molecule has 9 nitrogen and oxygen atoms in total. The highest BCUT2D eigenvalue weighted by molar-refractivity contribution is 5.51. The molecule has 9 heteroatoms. The summed E-state index contributed by atoms with van der Waals surface area (Å²) in [7, 11) is 0. The fourth-order valence-electron chi connectivity index (χ4n) is 3.04. The monoisotopic (exact) mass is 387 g/mol. The van der Waals surface area contributed by atoms with Gasteiger partial charge in [0.15, 0.2) is 5.69 Å². The van der Waals surface area contributed by atoms with Crippen LogP contribution in [0.1, 0.15) is 34.1 Å². The molecule has 1 atom stereocenters. The lowest BCUT2D eigenvalue weighted by Gasteiger charge is -2.19. The average molecular weight is 387 g/mol. The Balaban J connectivity index is 2.33. The number of hydrogen-bond acceptors (Lipinski definition) is 8. The predicted octanol–water partition coefficient (Wildman–Crippen LogP) is 1.20. The Morgan fingerprint density at radius 2 is 1.32 bits per heavy atom. The van der Waals surface area contributed by atoms with Gasteiger partial charge in [0.2, 0.25) is 0 Å². The van der Waals surface area contributed by atoms with Crippen LogP contribution in [0.2, 0.25) is 0 Å². The van der Waals surface area contributed by atoms with Gasteiger partial charge in [0, 0.05) is 24.3 Å². The molecule has 0 aliphatic heterocycles. The topological polar surface area (TPSA) is 149 Å². The molecule has 1 unspecified atom stereocenters. The first kappa shape index (κ1) is 19.4. The molecule has 4 N–H and O–H groups in total. The van der Waals surface area contributed by atoms with E-state index >= 15 is 0 Å². The lowest BCUT2D eigenvalue weighted by molar-refractivity contribution is -0.991. The van der Waals surface area contributed by atoms with E-state index in [1.807, 2.05) is 0 Å². The molecule has 2 heterocycles. The largest absolute Gasteiger partial charge is 0.595 e. The summed E-state index contributed by atoms with van der Waals surface area (Å²) in [6.45, 7) is 2.94. The summed E-state index contributed by atoms with van der Waals surface area (Å²) < 4.78 is 10.1. The molecule has 0 aliphatic rings. The molecule has 0 saturated carbocycles. The van der Waals surface area contributed by atoms with Gasteiger partial charge in [-0.1, -0.05) is 12.1 Å². The van der Waals surface area contributed by atoms with E-state index in [-0.39, 0.29) is 33.9 Å². The zero-order valence-corrected chi connectivity index (χ0v) is 14.9. The normalized spacial score (nSPS) is 12.3. The second-order valence-electron chi connectivity index (χ2n) is 6.25. The van der Waals surface area contributed by atoms with Crippen LogP contribution in [0.15, 0.2) is 54.8 Å². The first-order valence-corrected chi connectivity index (χ1v) is 8.19. The Bertz CT molecular complexity index is 1060. The van der Waals surface area contributed by atoms with Gasteiger partial charge in [0.25, 0.3) is 0 Å². The van der Waals surface area contributed by atoms with Gasteiger partial charge in [-0.3, -0.25) is 0 Å². The number of quaternary nitrogens is 1. The van der Waals surface area contributed by atoms with Gasteiger partial charge in [-0.15, -0.1) is 0 Å². The first-order valence-electron chi connectivity index (χ1n) is 8.19. The minimum atomic E-state index is -1.24. The van der Waals surface area contributed by atoms with Gasteiger partial charge in [-0.25, -0.2) is 14.8 Å². The molecule has 28 heavy (non-hydrogen) atoms. The third kappa shape index (κ3) is 3.54. The lowest BCUT2D eigenvalue weighted by atomic mass is 9.85. The van der Waals surface area contributed by atoms with Gasteiger partial charge in [0.1, 0.15) is 23.0 Å². The van der Waals surface area contributed by atoms with Crippen LogP contribution in [0.25, 0.3) is 0 Å². The standard InChI is InChI=1S/C19H17NO8/c1-9-7-13(21)16(18(23)27-9)15(11-3-5-12(6-4-11)20(25)26)17-14(22)8-10(2)28-19(17)24/h3-8,15,20-22,25H,1-2H3. The maximum atomic E-state index is 12.5. The molecule has 2 aromatic heterocycles. The third-order valence-corrected chi connectivity index (χ3v) is 4.25. The van der Waals surface area contributed by atoms with Crippen LogP contribution in [0.3, 0.4) is 0 Å². The SMILES string of the molecule is Cc1cc(O)c(C(c2ccc([NH+]([O-])O)cc2)c2c(O)cc(C)oc2=O)c(=O)o1. The lowest BCUT2D eigenvalue weighted by Crippen LogP contribution is -2.99. The zero-order valence-electron chi connectivity index (χ0n) is 14.9. The van der Waals surface area contributed by atoms with E-state index in [4.69, 9.17) is 14.0 Å². The predicted molar refractivity (Wildman–Crippen MR) is 95.9 cm³/mol. The summed E-state index contributed by atoms with van der Waals surface area (Å²) in [6, 6.07) is 7.75. The fraction of sp³-hybridized carbons (Fsp3) is 0.158. The molecule has 1 aromatic carbocycles. The van der Waals surface area contributed by atoms with Crippen LogP contribution < -0.4 is 16.5 Å². The molecule has 0 spiro atoms. The molecule has 0 amide bonds. The van der Waals surface area contributed by atoms with Crippen LogP contribution in [0.5, 0.6) is 11.5 Å². The van der Waals surface area contributed by atoms with E-state index in [0.717, 1.165) is 0 Å². The Kier molecular flexibility index (Phi) is 5.06. The highest BCUT2D eigenvalue weighted by Gasteiger charge is 2.30. The van der Waals surface area contributed by atoms with Crippen LogP contribution >= 0.6 is 0 Å². The number of aromatic hydroxyl groups is 2. The molecule has 0 radical (unpaired) electrons. The summed E-state index contributed by atoms with van der Waals surface area (Å²) in [4.78, 5) is 25.0. The van der Waals surface area contributed by atoms with Crippen molar-refractivity contribution in [1.29, 1.82) is 0 Å². The maximum Gasteiger partial charge on any atom is 0.343 e. The van der Waals surface area contributed by atoms with Gasteiger partial charge in [0.05, 0.1) is 17.0 Å². The number of hydrogen-bond donors (Lipinski definition) is 4. The van der Waals surface area contributed by atoms with Crippen LogP contribution in [0, 0.1) is 19.1 Å². The Morgan fingerprint density at radius 1 is 0.893 bits per heavy atom.